The van der Waals surface area contributed by atoms with Gasteiger partial charge >= 0.3 is 0 Å². The Labute approximate surface area is 77.7 Å². The monoisotopic (exact) mass is 168 g/mol. The molecular weight excluding hydrogens is 144 g/mol. The maximum absolute atomic E-state index is 2.46. The lowest BCUT2D eigenvalue weighted by molar-refractivity contribution is 0.174. The molecule has 1 aliphatic carbocycles. The molecule has 1 rings (SSSR count). The van der Waals surface area contributed by atoms with Gasteiger partial charge in [0.2, 0.25) is 0 Å². The summed E-state index contributed by atoms with van der Waals surface area (Å²) in [5, 5.41) is 0. The van der Waals surface area contributed by atoms with Crippen LogP contribution in [0, 0.1) is 17.3 Å². The largest absolute Gasteiger partial charge is 0.0628 e. The molecule has 1 aliphatic rings. The van der Waals surface area contributed by atoms with Gasteiger partial charge in [0.25, 0.3) is 0 Å². The predicted octanol–water partition coefficient (Wildman–Crippen LogP) is 4.25. The molecule has 0 spiro atoms. The maximum Gasteiger partial charge on any atom is -0.0323 e. The van der Waals surface area contributed by atoms with E-state index in [4.69, 9.17) is 0 Å². The Morgan fingerprint density at radius 2 is 1.67 bits per heavy atom. The predicted molar refractivity (Wildman–Crippen MR) is 55.2 cm³/mol. The van der Waals surface area contributed by atoms with Gasteiger partial charge in [-0.1, -0.05) is 40.5 Å². The standard InChI is InChI=1S/C12H24/c1-10(2)9-12(3,4)11-7-5-6-8-11/h10-11H,5-9H2,1-4H3. The van der Waals surface area contributed by atoms with Crippen LogP contribution < -0.4 is 0 Å². The molecule has 0 bridgehead atoms. The van der Waals surface area contributed by atoms with Crippen molar-refractivity contribution in [3.63, 3.8) is 0 Å². The number of hydrogen-bond acceptors (Lipinski definition) is 0. The maximum atomic E-state index is 2.46. The first-order valence-electron chi connectivity index (χ1n) is 5.52. The summed E-state index contributed by atoms with van der Waals surface area (Å²) in [7, 11) is 0. The fraction of sp³-hybridized carbons (Fsp3) is 1.00. The highest BCUT2D eigenvalue weighted by molar-refractivity contribution is 4.82. The van der Waals surface area contributed by atoms with E-state index in [1.54, 1.807) is 0 Å². The molecule has 0 aromatic rings. The van der Waals surface area contributed by atoms with E-state index in [0.29, 0.717) is 5.41 Å². The second kappa shape index (κ2) is 3.81. The fourth-order valence-corrected chi connectivity index (χ4v) is 2.93. The van der Waals surface area contributed by atoms with Crippen molar-refractivity contribution in [2.75, 3.05) is 0 Å². The molecule has 0 heteroatoms. The van der Waals surface area contributed by atoms with Gasteiger partial charge in [0.15, 0.2) is 0 Å². The fourth-order valence-electron chi connectivity index (χ4n) is 2.93. The lowest BCUT2D eigenvalue weighted by Crippen LogP contribution is -2.23. The van der Waals surface area contributed by atoms with Gasteiger partial charge in [-0.25, -0.2) is 0 Å². The smallest absolute Gasteiger partial charge is 0.0323 e. The van der Waals surface area contributed by atoms with E-state index in [0.717, 1.165) is 11.8 Å². The van der Waals surface area contributed by atoms with Crippen molar-refractivity contribution in [2.45, 2.75) is 59.8 Å². The van der Waals surface area contributed by atoms with E-state index in [-0.39, 0.29) is 0 Å². The molecular formula is C12H24. The van der Waals surface area contributed by atoms with Crippen molar-refractivity contribution < 1.29 is 0 Å². The zero-order valence-electron chi connectivity index (χ0n) is 9.19. The average molecular weight is 168 g/mol. The molecule has 0 aromatic heterocycles. The molecule has 0 aromatic carbocycles. The summed E-state index contributed by atoms with van der Waals surface area (Å²) in [6.07, 6.45) is 7.33. The minimum atomic E-state index is 0.602. The van der Waals surface area contributed by atoms with E-state index < -0.39 is 0 Å². The molecule has 0 aliphatic heterocycles. The van der Waals surface area contributed by atoms with Gasteiger partial charge in [0, 0.05) is 0 Å². The van der Waals surface area contributed by atoms with Gasteiger partial charge in [0.05, 0.1) is 0 Å². The van der Waals surface area contributed by atoms with Crippen LogP contribution in [0.4, 0.5) is 0 Å². The first-order valence-corrected chi connectivity index (χ1v) is 5.52. The molecule has 0 nitrogen and oxygen atoms in total. The minimum absolute atomic E-state index is 0.602. The van der Waals surface area contributed by atoms with Gasteiger partial charge in [-0.3, -0.25) is 0 Å². The third-order valence-corrected chi connectivity index (χ3v) is 3.39. The molecule has 1 fully saturated rings. The Morgan fingerprint density at radius 3 is 2.08 bits per heavy atom. The molecule has 0 atom stereocenters. The third kappa shape index (κ3) is 2.50. The zero-order valence-corrected chi connectivity index (χ0v) is 9.19. The van der Waals surface area contributed by atoms with E-state index in [1.165, 1.54) is 32.1 Å². The molecule has 0 amide bonds. The quantitative estimate of drug-likeness (QED) is 0.591. The summed E-state index contributed by atoms with van der Waals surface area (Å²) < 4.78 is 0. The molecule has 0 radical (unpaired) electrons. The molecule has 0 heterocycles. The van der Waals surface area contributed by atoms with Gasteiger partial charge < -0.3 is 0 Å². The van der Waals surface area contributed by atoms with Gasteiger partial charge in [-0.05, 0) is 36.5 Å². The van der Waals surface area contributed by atoms with E-state index in [9.17, 15) is 0 Å². The van der Waals surface area contributed by atoms with Crippen LogP contribution in [0.5, 0.6) is 0 Å². The first kappa shape index (κ1) is 10.1. The van der Waals surface area contributed by atoms with E-state index >= 15 is 0 Å². The van der Waals surface area contributed by atoms with Gasteiger partial charge in [-0.15, -0.1) is 0 Å². The topological polar surface area (TPSA) is 0 Å². The lowest BCUT2D eigenvalue weighted by Gasteiger charge is -2.33. The van der Waals surface area contributed by atoms with Crippen LogP contribution in [-0.2, 0) is 0 Å². The number of hydrogen-bond donors (Lipinski definition) is 0. The third-order valence-electron chi connectivity index (χ3n) is 3.39. The van der Waals surface area contributed by atoms with Crippen LogP contribution in [0.1, 0.15) is 59.8 Å². The molecule has 72 valence electrons. The zero-order chi connectivity index (χ0) is 9.19. The number of rotatable bonds is 3. The molecule has 0 unspecified atom stereocenters. The van der Waals surface area contributed by atoms with Crippen molar-refractivity contribution in [1.82, 2.24) is 0 Å². The molecule has 1 saturated carbocycles. The highest BCUT2D eigenvalue weighted by Gasteiger charge is 2.31. The van der Waals surface area contributed by atoms with Crippen LogP contribution in [0.25, 0.3) is 0 Å². The highest BCUT2D eigenvalue weighted by atomic mass is 14.4. The summed E-state index contributed by atoms with van der Waals surface area (Å²) in [6.45, 7) is 9.61. The van der Waals surface area contributed by atoms with Crippen LogP contribution >= 0.6 is 0 Å². The van der Waals surface area contributed by atoms with Crippen molar-refractivity contribution in [3.05, 3.63) is 0 Å². The Bertz CT molecular complexity index is 127. The first-order chi connectivity index (χ1) is 5.52. The van der Waals surface area contributed by atoms with E-state index in [2.05, 4.69) is 27.7 Å². The Kier molecular flexibility index (Phi) is 3.20. The van der Waals surface area contributed by atoms with Crippen molar-refractivity contribution in [3.8, 4) is 0 Å². The lowest BCUT2D eigenvalue weighted by atomic mass is 9.72. The average Bonchev–Trinajstić information content (AvgIpc) is 2.32. The molecule has 12 heavy (non-hydrogen) atoms. The molecule has 0 N–H and O–H groups in total. The Balaban J connectivity index is 2.45. The Hall–Kier alpha value is 0. The highest BCUT2D eigenvalue weighted by Crippen LogP contribution is 2.43. The Morgan fingerprint density at radius 1 is 1.17 bits per heavy atom. The summed E-state index contributed by atoms with van der Waals surface area (Å²) in [5.74, 6) is 1.88. The summed E-state index contributed by atoms with van der Waals surface area (Å²) in [6, 6.07) is 0. The van der Waals surface area contributed by atoms with Crippen LogP contribution in [0.15, 0.2) is 0 Å². The molecule has 0 saturated heterocycles. The summed E-state index contributed by atoms with van der Waals surface area (Å²) >= 11 is 0. The summed E-state index contributed by atoms with van der Waals surface area (Å²) in [4.78, 5) is 0. The van der Waals surface area contributed by atoms with Crippen molar-refractivity contribution in [1.29, 1.82) is 0 Å². The normalized spacial score (nSPS) is 20.8. The second-order valence-corrected chi connectivity index (χ2v) is 5.57. The summed E-state index contributed by atoms with van der Waals surface area (Å²) in [5.41, 5.74) is 0.602. The van der Waals surface area contributed by atoms with Gasteiger partial charge in [-0.2, -0.15) is 0 Å². The van der Waals surface area contributed by atoms with Crippen LogP contribution in [-0.4, -0.2) is 0 Å². The minimum Gasteiger partial charge on any atom is -0.0628 e. The SMILES string of the molecule is CC(C)CC(C)(C)C1CCCC1. The van der Waals surface area contributed by atoms with Crippen LogP contribution in [0.3, 0.4) is 0 Å². The van der Waals surface area contributed by atoms with Crippen LogP contribution in [0.2, 0.25) is 0 Å². The second-order valence-electron chi connectivity index (χ2n) is 5.57. The van der Waals surface area contributed by atoms with Crippen molar-refractivity contribution >= 4 is 0 Å². The van der Waals surface area contributed by atoms with Gasteiger partial charge in [0.1, 0.15) is 0 Å². The van der Waals surface area contributed by atoms with Crippen molar-refractivity contribution in [2.24, 2.45) is 17.3 Å². The van der Waals surface area contributed by atoms with E-state index in [1.807, 2.05) is 0 Å².